The summed E-state index contributed by atoms with van der Waals surface area (Å²) in [6.07, 6.45) is 11.6. The Kier molecular flexibility index (Phi) is 6.66. The molecule has 35 heavy (non-hydrogen) atoms. The molecule has 0 saturated heterocycles. The predicted octanol–water partition coefficient (Wildman–Crippen LogP) is 5.47. The zero-order chi connectivity index (χ0) is 25.3. The molecule has 0 unspecified atom stereocenters. The Morgan fingerprint density at radius 1 is 1.23 bits per heavy atom. The minimum absolute atomic E-state index is 0.119. The van der Waals surface area contributed by atoms with Crippen molar-refractivity contribution in [3.63, 3.8) is 0 Å². The number of Topliss-reactive ketones (excluding diaryl/α,β-unsaturated/α-hetero) is 1. The number of fused-ring (bicyclic) bond motifs is 3. The van der Waals surface area contributed by atoms with Crippen LogP contribution in [0.4, 0.5) is 0 Å². The van der Waals surface area contributed by atoms with Crippen molar-refractivity contribution >= 4 is 17.3 Å². The summed E-state index contributed by atoms with van der Waals surface area (Å²) in [5.74, 6) is 0.335. The van der Waals surface area contributed by atoms with Gasteiger partial charge in [0.2, 0.25) is 5.91 Å². The predicted molar refractivity (Wildman–Crippen MR) is 139 cm³/mol. The number of nitrogens with zero attached hydrogens (tertiary/aromatic N) is 1. The Morgan fingerprint density at radius 3 is 2.57 bits per heavy atom. The fraction of sp³-hybridized carbons (Fsp3) is 0.345. The van der Waals surface area contributed by atoms with Crippen LogP contribution in [0.15, 0.2) is 55.1 Å². The zero-order valence-electron chi connectivity index (χ0n) is 21.0. The van der Waals surface area contributed by atoms with Gasteiger partial charge in [-0.25, -0.2) is 0 Å². The molecule has 2 aromatic heterocycles. The second kappa shape index (κ2) is 9.53. The molecule has 0 spiro atoms. The molecule has 6 nitrogen and oxygen atoms in total. The van der Waals surface area contributed by atoms with E-state index in [9.17, 15) is 9.59 Å². The highest BCUT2D eigenvalue weighted by Crippen LogP contribution is 2.49. The van der Waals surface area contributed by atoms with Crippen molar-refractivity contribution in [3.05, 3.63) is 83.2 Å². The van der Waals surface area contributed by atoms with Gasteiger partial charge in [0, 0.05) is 34.3 Å². The lowest BCUT2D eigenvalue weighted by atomic mass is 9.87. The molecule has 2 aromatic rings. The highest BCUT2D eigenvalue weighted by Gasteiger charge is 2.39. The van der Waals surface area contributed by atoms with E-state index in [-0.39, 0.29) is 11.7 Å². The number of H-pyrrole nitrogens is 1. The van der Waals surface area contributed by atoms with Gasteiger partial charge in [-0.15, -0.1) is 0 Å². The highest BCUT2D eigenvalue weighted by atomic mass is 16.5. The average molecular weight is 472 g/mol. The number of amides is 1. The van der Waals surface area contributed by atoms with Crippen LogP contribution < -0.4 is 5.32 Å². The number of aromatic amines is 1. The maximum Gasteiger partial charge on any atom is 0.247 e. The highest BCUT2D eigenvalue weighted by molar-refractivity contribution is 5.99. The summed E-state index contributed by atoms with van der Waals surface area (Å²) in [5.41, 5.74) is 8.51. The summed E-state index contributed by atoms with van der Waals surface area (Å²) in [6.45, 7) is 13.2. The van der Waals surface area contributed by atoms with Gasteiger partial charge in [-0.1, -0.05) is 26.2 Å². The van der Waals surface area contributed by atoms with E-state index < -0.39 is 0 Å². The minimum atomic E-state index is -0.334. The molecule has 6 heteroatoms. The molecular formula is C29H33N3O3. The smallest absolute Gasteiger partial charge is 0.247 e. The number of ether oxygens (including phenoxy) is 1. The van der Waals surface area contributed by atoms with Crippen LogP contribution in [-0.2, 0) is 28.8 Å². The molecule has 0 aromatic carbocycles. The molecule has 0 radical (unpaired) electrons. The first kappa shape index (κ1) is 24.5. The van der Waals surface area contributed by atoms with Gasteiger partial charge < -0.3 is 15.0 Å². The average Bonchev–Trinajstić information content (AvgIpc) is 3.45. The van der Waals surface area contributed by atoms with Crippen molar-refractivity contribution < 1.29 is 14.3 Å². The summed E-state index contributed by atoms with van der Waals surface area (Å²) in [5, 5.41) is 2.78. The van der Waals surface area contributed by atoms with Gasteiger partial charge in [0.1, 0.15) is 5.76 Å². The molecule has 2 N–H and O–H groups in total. The molecule has 1 fully saturated rings. The summed E-state index contributed by atoms with van der Waals surface area (Å²) >= 11 is 0. The van der Waals surface area contributed by atoms with Gasteiger partial charge in [-0.2, -0.15) is 0 Å². The van der Waals surface area contributed by atoms with Crippen molar-refractivity contribution in [2.45, 2.75) is 52.9 Å². The molecule has 1 amide bonds. The van der Waals surface area contributed by atoms with Crippen LogP contribution in [0.5, 0.6) is 0 Å². The molecule has 2 aliphatic rings. The molecule has 0 aliphatic heterocycles. The van der Waals surface area contributed by atoms with Crippen molar-refractivity contribution in [2.24, 2.45) is 5.41 Å². The Bertz CT molecular complexity index is 1290. The third-order valence-electron chi connectivity index (χ3n) is 7.08. The van der Waals surface area contributed by atoms with E-state index in [0.717, 1.165) is 64.2 Å². The van der Waals surface area contributed by atoms with Crippen molar-refractivity contribution in [2.75, 3.05) is 7.11 Å². The van der Waals surface area contributed by atoms with Gasteiger partial charge in [0.25, 0.3) is 0 Å². The second-order valence-electron chi connectivity index (χ2n) is 9.77. The molecule has 0 bridgehead atoms. The van der Waals surface area contributed by atoms with E-state index in [2.05, 4.69) is 30.4 Å². The normalized spacial score (nSPS) is 16.4. The zero-order valence-corrected chi connectivity index (χ0v) is 21.0. The fourth-order valence-electron chi connectivity index (χ4n) is 4.70. The summed E-state index contributed by atoms with van der Waals surface area (Å²) < 4.78 is 5.35. The summed E-state index contributed by atoms with van der Waals surface area (Å²) in [6, 6.07) is 2.04. The lowest BCUT2D eigenvalue weighted by Crippen LogP contribution is -2.20. The van der Waals surface area contributed by atoms with Crippen LogP contribution in [0, 0.1) is 5.41 Å². The van der Waals surface area contributed by atoms with Crippen molar-refractivity contribution in [1.82, 2.24) is 15.3 Å². The maximum atomic E-state index is 12.7. The lowest BCUT2D eigenvalue weighted by molar-refractivity contribution is -0.115. The topological polar surface area (TPSA) is 84.1 Å². The Hall–Kier alpha value is -3.67. The third-order valence-corrected chi connectivity index (χ3v) is 7.08. The first-order chi connectivity index (χ1) is 16.7. The van der Waals surface area contributed by atoms with E-state index in [1.807, 2.05) is 12.3 Å². The van der Waals surface area contributed by atoms with Gasteiger partial charge >= 0.3 is 0 Å². The first-order valence-electron chi connectivity index (χ1n) is 12.0. The molecule has 2 aliphatic carbocycles. The number of ketones is 1. The number of rotatable bonds is 9. The Labute approximate surface area is 206 Å². The number of hydrogen-bond acceptors (Lipinski definition) is 4. The maximum absolute atomic E-state index is 12.7. The van der Waals surface area contributed by atoms with E-state index in [4.69, 9.17) is 9.72 Å². The van der Waals surface area contributed by atoms with Gasteiger partial charge in [-0.05, 0) is 80.7 Å². The van der Waals surface area contributed by atoms with Gasteiger partial charge in [0.15, 0.2) is 5.78 Å². The summed E-state index contributed by atoms with van der Waals surface area (Å²) in [7, 11) is 1.55. The standard InChI is InChI=1S/C29H33N3O3/c1-7-19(13-23(18(4)35-6)31-26(34)8-2)24-14-22-20(16-30-24)9-10-21-27(17(3)33)25(32-28(21)22)15-29(5)11-12-29/h7-8,13-14,16,32H,1-2,9-12,15H2,3-6H3,(H,31,34)/b19-13+,23-18-. The van der Waals surface area contributed by atoms with Crippen molar-refractivity contribution in [3.8, 4) is 11.3 Å². The molecule has 0 atom stereocenters. The monoisotopic (exact) mass is 471 g/mol. The molecule has 182 valence electrons. The number of allylic oxidation sites excluding steroid dienone is 4. The van der Waals surface area contributed by atoms with Crippen LogP contribution in [0.2, 0.25) is 0 Å². The fourth-order valence-corrected chi connectivity index (χ4v) is 4.70. The molecular weight excluding hydrogens is 438 g/mol. The van der Waals surface area contributed by atoms with E-state index in [0.29, 0.717) is 16.9 Å². The number of aryl methyl sites for hydroxylation is 1. The minimum Gasteiger partial charge on any atom is -0.499 e. The number of pyridine rings is 1. The number of carbonyl (C=O) groups is 2. The molecule has 1 saturated carbocycles. The van der Waals surface area contributed by atoms with Crippen LogP contribution in [-0.4, -0.2) is 28.8 Å². The third kappa shape index (κ3) is 4.92. The van der Waals surface area contributed by atoms with Gasteiger partial charge in [0.05, 0.1) is 18.5 Å². The number of methoxy groups -OCH3 is 1. The number of aromatic nitrogens is 2. The number of hydrogen-bond donors (Lipinski definition) is 2. The molecule has 2 heterocycles. The van der Waals surface area contributed by atoms with E-state index in [1.54, 1.807) is 33.1 Å². The molecule has 4 rings (SSSR count). The van der Waals surface area contributed by atoms with Crippen LogP contribution >= 0.6 is 0 Å². The lowest BCUT2D eigenvalue weighted by Gasteiger charge is -2.18. The quantitative estimate of drug-likeness (QED) is 0.220. The number of nitrogens with one attached hydrogen (secondary N) is 2. The second-order valence-corrected chi connectivity index (χ2v) is 9.77. The van der Waals surface area contributed by atoms with E-state index in [1.165, 1.54) is 18.9 Å². The first-order valence-corrected chi connectivity index (χ1v) is 12.0. The van der Waals surface area contributed by atoms with Crippen LogP contribution in [0.1, 0.15) is 66.5 Å². The SMILES string of the molecule is C=CC(=O)NC(/C=C(\C=C)c1cc2c(cn1)CCc1c-2[nH]c(CC2(C)CC2)c1C(C)=O)=C(/C)OC. The van der Waals surface area contributed by atoms with Crippen molar-refractivity contribution in [1.29, 1.82) is 0 Å². The Morgan fingerprint density at radius 2 is 1.97 bits per heavy atom. The number of carbonyl (C=O) groups excluding carboxylic acids is 2. The van der Waals surface area contributed by atoms with Crippen LogP contribution in [0.3, 0.4) is 0 Å². The van der Waals surface area contributed by atoms with E-state index >= 15 is 0 Å². The van der Waals surface area contributed by atoms with Crippen LogP contribution in [0.25, 0.3) is 16.8 Å². The van der Waals surface area contributed by atoms with Gasteiger partial charge in [-0.3, -0.25) is 14.6 Å². The summed E-state index contributed by atoms with van der Waals surface area (Å²) in [4.78, 5) is 32.9. The largest absolute Gasteiger partial charge is 0.499 e. The Balaban J connectivity index is 1.79.